The number of aliphatic hydroxyl groups is 1. The minimum Gasteiger partial charge on any atom is -0.507 e. The molecule has 0 saturated carbocycles. The molecular weight excluding hydrogens is 418 g/mol. The van der Waals surface area contributed by atoms with Crippen LogP contribution in [0.4, 0.5) is 5.69 Å². The van der Waals surface area contributed by atoms with Crippen LogP contribution in [0.3, 0.4) is 0 Å². The molecule has 1 atom stereocenters. The van der Waals surface area contributed by atoms with Crippen LogP contribution < -0.4 is 4.90 Å². The van der Waals surface area contributed by atoms with Crippen LogP contribution in [0.25, 0.3) is 5.76 Å². The maximum Gasteiger partial charge on any atom is 0.300 e. The molecule has 0 unspecified atom stereocenters. The zero-order chi connectivity index (χ0) is 19.7. The lowest BCUT2D eigenvalue weighted by molar-refractivity contribution is -0.132. The minimum absolute atomic E-state index is 0.0855. The van der Waals surface area contributed by atoms with Gasteiger partial charge in [-0.1, -0.05) is 76.6 Å². The number of para-hydroxylation sites is 1. The molecule has 1 fully saturated rings. The Morgan fingerprint density at radius 1 is 0.821 bits per heavy atom. The maximum absolute atomic E-state index is 12.9. The van der Waals surface area contributed by atoms with E-state index in [1.54, 1.807) is 36.4 Å². The van der Waals surface area contributed by atoms with Crippen LogP contribution in [0, 0.1) is 0 Å². The Bertz CT molecular complexity index is 1060. The van der Waals surface area contributed by atoms with Gasteiger partial charge in [-0.15, -0.1) is 0 Å². The van der Waals surface area contributed by atoms with E-state index in [4.69, 9.17) is 0 Å². The largest absolute Gasteiger partial charge is 0.507 e. The summed E-state index contributed by atoms with van der Waals surface area (Å²) in [5.41, 5.74) is 1.92. The average molecular weight is 434 g/mol. The van der Waals surface area contributed by atoms with Crippen molar-refractivity contribution in [2.45, 2.75) is 6.04 Å². The number of aliphatic hydroxyl groups excluding tert-OH is 1. The third-order valence-corrected chi connectivity index (χ3v) is 5.24. The van der Waals surface area contributed by atoms with E-state index in [9.17, 15) is 14.7 Å². The van der Waals surface area contributed by atoms with Gasteiger partial charge >= 0.3 is 0 Å². The van der Waals surface area contributed by atoms with Crippen molar-refractivity contribution >= 4 is 39.1 Å². The van der Waals surface area contributed by atoms with Crippen molar-refractivity contribution in [2.75, 3.05) is 4.90 Å². The highest BCUT2D eigenvalue weighted by molar-refractivity contribution is 9.10. The molecule has 28 heavy (non-hydrogen) atoms. The van der Waals surface area contributed by atoms with Crippen LogP contribution in [0.15, 0.2) is 95.0 Å². The molecule has 0 aromatic heterocycles. The standard InChI is InChI=1S/C23H16BrNO3/c24-17-13-11-15(12-14-17)20-19(21(26)16-7-3-1-4-8-16)22(27)23(28)25(20)18-9-5-2-6-10-18/h1-14,20,26H/b21-19+/t20-/m0/s1. The molecular formula is C23H16BrNO3. The van der Waals surface area contributed by atoms with Gasteiger partial charge in [-0.25, -0.2) is 0 Å². The molecule has 1 N–H and O–H groups in total. The first-order valence-corrected chi connectivity index (χ1v) is 9.54. The Morgan fingerprint density at radius 2 is 1.39 bits per heavy atom. The Balaban J connectivity index is 1.95. The minimum atomic E-state index is -0.712. The number of nitrogens with zero attached hydrogens (tertiary/aromatic N) is 1. The van der Waals surface area contributed by atoms with Gasteiger partial charge in [0.2, 0.25) is 0 Å². The lowest BCUT2D eigenvalue weighted by atomic mass is 9.95. The Morgan fingerprint density at radius 3 is 2.00 bits per heavy atom. The van der Waals surface area contributed by atoms with Crippen molar-refractivity contribution in [3.63, 3.8) is 0 Å². The van der Waals surface area contributed by atoms with Gasteiger partial charge in [0, 0.05) is 15.7 Å². The average Bonchev–Trinajstić information content (AvgIpc) is 3.00. The quantitative estimate of drug-likeness (QED) is 0.356. The van der Waals surface area contributed by atoms with E-state index < -0.39 is 17.7 Å². The van der Waals surface area contributed by atoms with Gasteiger partial charge in [0.25, 0.3) is 11.7 Å². The normalized spacial score (nSPS) is 18.5. The lowest BCUT2D eigenvalue weighted by Gasteiger charge is -2.25. The number of anilines is 1. The van der Waals surface area contributed by atoms with Crippen molar-refractivity contribution in [1.82, 2.24) is 0 Å². The van der Waals surface area contributed by atoms with Crippen molar-refractivity contribution in [3.05, 3.63) is 106 Å². The summed E-state index contributed by atoms with van der Waals surface area (Å²) in [5, 5.41) is 10.9. The molecule has 1 aliphatic heterocycles. The van der Waals surface area contributed by atoms with E-state index in [0.717, 1.165) is 10.0 Å². The predicted octanol–water partition coefficient (Wildman–Crippen LogP) is 5.08. The molecule has 3 aromatic carbocycles. The van der Waals surface area contributed by atoms with E-state index in [-0.39, 0.29) is 11.3 Å². The maximum atomic E-state index is 12.9. The monoisotopic (exact) mass is 433 g/mol. The van der Waals surface area contributed by atoms with Crippen LogP contribution in [0.2, 0.25) is 0 Å². The molecule has 1 heterocycles. The highest BCUT2D eigenvalue weighted by Crippen LogP contribution is 2.42. The van der Waals surface area contributed by atoms with Crippen LogP contribution in [-0.4, -0.2) is 16.8 Å². The van der Waals surface area contributed by atoms with Gasteiger partial charge in [0.05, 0.1) is 11.6 Å². The smallest absolute Gasteiger partial charge is 0.300 e. The van der Waals surface area contributed by atoms with Crippen molar-refractivity contribution < 1.29 is 14.7 Å². The van der Waals surface area contributed by atoms with Crippen molar-refractivity contribution in [3.8, 4) is 0 Å². The molecule has 4 rings (SSSR count). The van der Waals surface area contributed by atoms with Gasteiger partial charge < -0.3 is 5.11 Å². The fraction of sp³-hybridized carbons (Fsp3) is 0.0435. The molecule has 0 spiro atoms. The molecule has 138 valence electrons. The fourth-order valence-electron chi connectivity index (χ4n) is 3.40. The number of carbonyl (C=O) groups excluding carboxylic acids is 2. The van der Waals surface area contributed by atoms with E-state index in [1.807, 2.05) is 48.5 Å². The molecule has 1 aliphatic rings. The highest BCUT2D eigenvalue weighted by Gasteiger charge is 2.46. The molecule has 1 amide bonds. The molecule has 0 radical (unpaired) electrons. The number of hydrogen-bond donors (Lipinski definition) is 1. The molecule has 4 nitrogen and oxygen atoms in total. The number of benzene rings is 3. The Labute approximate surface area is 170 Å². The third kappa shape index (κ3) is 3.14. The Hall–Kier alpha value is -3.18. The number of hydrogen-bond acceptors (Lipinski definition) is 3. The molecule has 5 heteroatoms. The number of Topliss-reactive ketones (excluding diaryl/α,β-unsaturated/α-hetero) is 1. The Kier molecular flexibility index (Phi) is 4.84. The van der Waals surface area contributed by atoms with Crippen molar-refractivity contribution in [2.24, 2.45) is 0 Å². The van der Waals surface area contributed by atoms with E-state index in [0.29, 0.717) is 11.3 Å². The van der Waals surface area contributed by atoms with E-state index in [2.05, 4.69) is 15.9 Å². The summed E-state index contributed by atoms with van der Waals surface area (Å²) in [6.45, 7) is 0. The highest BCUT2D eigenvalue weighted by atomic mass is 79.9. The predicted molar refractivity (Wildman–Crippen MR) is 112 cm³/mol. The second-order valence-corrected chi connectivity index (χ2v) is 7.34. The summed E-state index contributed by atoms with van der Waals surface area (Å²) in [6, 6.07) is 24.5. The lowest BCUT2D eigenvalue weighted by Crippen LogP contribution is -2.29. The third-order valence-electron chi connectivity index (χ3n) is 4.71. The fourth-order valence-corrected chi connectivity index (χ4v) is 3.66. The topological polar surface area (TPSA) is 57.6 Å². The SMILES string of the molecule is O=C1C(=O)N(c2ccccc2)[C@@H](c2ccc(Br)cc2)/C1=C(\O)c1ccccc1. The number of amides is 1. The van der Waals surface area contributed by atoms with Crippen LogP contribution in [-0.2, 0) is 9.59 Å². The second-order valence-electron chi connectivity index (χ2n) is 6.42. The molecule has 1 saturated heterocycles. The zero-order valence-electron chi connectivity index (χ0n) is 14.7. The summed E-state index contributed by atoms with van der Waals surface area (Å²) < 4.78 is 0.885. The number of rotatable bonds is 3. The molecule has 0 bridgehead atoms. The first-order valence-electron chi connectivity index (χ1n) is 8.75. The van der Waals surface area contributed by atoms with Gasteiger partial charge in [-0.05, 0) is 29.8 Å². The first kappa shape index (κ1) is 18.2. The molecule has 3 aromatic rings. The van der Waals surface area contributed by atoms with Gasteiger partial charge in [0.15, 0.2) is 0 Å². The zero-order valence-corrected chi connectivity index (χ0v) is 16.3. The van der Waals surface area contributed by atoms with E-state index in [1.165, 1.54) is 4.90 Å². The van der Waals surface area contributed by atoms with Crippen LogP contribution in [0.1, 0.15) is 17.2 Å². The van der Waals surface area contributed by atoms with Crippen LogP contribution >= 0.6 is 15.9 Å². The number of ketones is 1. The summed E-state index contributed by atoms with van der Waals surface area (Å²) in [4.78, 5) is 27.3. The second kappa shape index (κ2) is 7.44. The van der Waals surface area contributed by atoms with Crippen molar-refractivity contribution in [1.29, 1.82) is 0 Å². The number of halogens is 1. The summed E-state index contributed by atoms with van der Waals surface area (Å²) in [6.07, 6.45) is 0. The van der Waals surface area contributed by atoms with Gasteiger partial charge in [-0.2, -0.15) is 0 Å². The van der Waals surface area contributed by atoms with E-state index >= 15 is 0 Å². The summed E-state index contributed by atoms with van der Waals surface area (Å²) in [5.74, 6) is -1.53. The van der Waals surface area contributed by atoms with Gasteiger partial charge in [-0.3, -0.25) is 14.5 Å². The molecule has 0 aliphatic carbocycles. The van der Waals surface area contributed by atoms with Crippen LogP contribution in [0.5, 0.6) is 0 Å². The first-order chi connectivity index (χ1) is 13.6. The summed E-state index contributed by atoms with van der Waals surface area (Å²) in [7, 11) is 0. The number of carbonyl (C=O) groups is 2. The van der Waals surface area contributed by atoms with Gasteiger partial charge in [0.1, 0.15) is 5.76 Å². The summed E-state index contributed by atoms with van der Waals surface area (Å²) >= 11 is 3.41.